The van der Waals surface area contributed by atoms with Crippen LogP contribution in [0.5, 0.6) is 0 Å². The van der Waals surface area contributed by atoms with Gasteiger partial charge in [-0.3, -0.25) is 4.79 Å². The first-order valence-corrected chi connectivity index (χ1v) is 5.09. The summed E-state index contributed by atoms with van der Waals surface area (Å²) in [7, 11) is 1.68. The molecule has 0 bridgehead atoms. The molecule has 0 fully saturated rings. The van der Waals surface area contributed by atoms with Gasteiger partial charge in [0.25, 0.3) is 0 Å². The van der Waals surface area contributed by atoms with E-state index >= 15 is 0 Å². The molecule has 0 aliphatic heterocycles. The van der Waals surface area contributed by atoms with E-state index in [1.165, 1.54) is 5.56 Å². The first kappa shape index (κ1) is 11.9. The molecular weight excluding hydrogens is 190 g/mol. The number of ether oxygens (including phenoxy) is 1. The summed E-state index contributed by atoms with van der Waals surface area (Å²) in [5.74, 6) is 0.107. The minimum absolute atomic E-state index is 0.107. The summed E-state index contributed by atoms with van der Waals surface area (Å²) in [5, 5.41) is 0. The van der Waals surface area contributed by atoms with E-state index in [1.807, 2.05) is 24.3 Å². The van der Waals surface area contributed by atoms with Crippen LogP contribution in [0.3, 0.4) is 0 Å². The van der Waals surface area contributed by atoms with Crippen LogP contribution in [0.15, 0.2) is 24.3 Å². The Morgan fingerprint density at radius 1 is 1.33 bits per heavy atom. The smallest absolute Gasteiger partial charge is 0.164 e. The average Bonchev–Trinajstić information content (AvgIpc) is 2.27. The van der Waals surface area contributed by atoms with Crippen molar-refractivity contribution in [3.05, 3.63) is 35.4 Å². The maximum atomic E-state index is 11.5. The molecule has 0 amide bonds. The average molecular weight is 207 g/mol. The van der Waals surface area contributed by atoms with Gasteiger partial charge in [0.15, 0.2) is 5.78 Å². The highest BCUT2D eigenvalue weighted by atomic mass is 16.5. The minimum atomic E-state index is 0.107. The number of ketones is 1. The Kier molecular flexibility index (Phi) is 5.01. The Hall–Kier alpha value is -1.19. The van der Waals surface area contributed by atoms with E-state index in [4.69, 9.17) is 10.5 Å². The second-order valence-corrected chi connectivity index (χ2v) is 3.40. The van der Waals surface area contributed by atoms with Crippen LogP contribution < -0.4 is 5.73 Å². The van der Waals surface area contributed by atoms with Crippen LogP contribution >= 0.6 is 0 Å². The minimum Gasteiger partial charge on any atom is -0.384 e. The molecule has 0 aromatic heterocycles. The van der Waals surface area contributed by atoms with Gasteiger partial charge in [-0.2, -0.15) is 0 Å². The molecule has 0 aliphatic carbocycles. The quantitative estimate of drug-likeness (QED) is 0.717. The van der Waals surface area contributed by atoms with Gasteiger partial charge in [-0.05, 0) is 18.5 Å². The van der Waals surface area contributed by atoms with Crippen LogP contribution in [0.4, 0.5) is 0 Å². The van der Waals surface area contributed by atoms with Gasteiger partial charge in [0.05, 0.1) is 6.61 Å². The van der Waals surface area contributed by atoms with Crippen LogP contribution in [0, 0.1) is 0 Å². The molecule has 0 saturated carbocycles. The van der Waals surface area contributed by atoms with Gasteiger partial charge in [0, 0.05) is 19.1 Å². The third-order valence-electron chi connectivity index (χ3n) is 2.24. The maximum Gasteiger partial charge on any atom is 0.164 e. The van der Waals surface area contributed by atoms with Crippen molar-refractivity contribution in [1.29, 1.82) is 0 Å². The third kappa shape index (κ3) is 3.81. The largest absolute Gasteiger partial charge is 0.384 e. The number of Topliss-reactive ketones (excluding diaryl/α,β-unsaturated/α-hetero) is 1. The van der Waals surface area contributed by atoms with E-state index in [2.05, 4.69) is 0 Å². The number of hydrogen-bond acceptors (Lipinski definition) is 3. The second kappa shape index (κ2) is 6.32. The lowest BCUT2D eigenvalue weighted by Crippen LogP contribution is -2.08. The molecule has 3 nitrogen and oxygen atoms in total. The predicted molar refractivity (Wildman–Crippen MR) is 60.0 cm³/mol. The molecule has 1 rings (SSSR count). The van der Waals surface area contributed by atoms with Gasteiger partial charge in [-0.1, -0.05) is 24.3 Å². The van der Waals surface area contributed by atoms with Crippen LogP contribution in [-0.2, 0) is 11.2 Å². The maximum absolute atomic E-state index is 11.5. The Bertz CT molecular complexity index is 306. The zero-order valence-electron chi connectivity index (χ0n) is 9.03. The van der Waals surface area contributed by atoms with E-state index in [0.29, 0.717) is 19.6 Å². The number of methoxy groups -OCH3 is 1. The molecule has 82 valence electrons. The van der Waals surface area contributed by atoms with Crippen molar-refractivity contribution in [2.75, 3.05) is 20.3 Å². The lowest BCUT2D eigenvalue weighted by Gasteiger charge is -2.02. The summed E-state index contributed by atoms with van der Waals surface area (Å²) in [4.78, 5) is 11.5. The number of nitrogens with two attached hydrogens (primary N) is 1. The zero-order chi connectivity index (χ0) is 11.1. The molecule has 0 radical (unpaired) electrons. The fourth-order valence-corrected chi connectivity index (χ4v) is 1.35. The lowest BCUT2D eigenvalue weighted by atomic mass is 10.0. The van der Waals surface area contributed by atoms with E-state index < -0.39 is 0 Å². The highest BCUT2D eigenvalue weighted by molar-refractivity contribution is 5.96. The first-order valence-electron chi connectivity index (χ1n) is 5.09. The fraction of sp³-hybridized carbons (Fsp3) is 0.417. The van der Waals surface area contributed by atoms with Crippen molar-refractivity contribution < 1.29 is 9.53 Å². The molecule has 3 heteroatoms. The first-order chi connectivity index (χ1) is 7.27. The molecule has 0 saturated heterocycles. The van der Waals surface area contributed by atoms with E-state index in [-0.39, 0.29) is 5.78 Å². The molecule has 0 unspecified atom stereocenters. The standard InChI is InChI=1S/C12H17NO2/c1-15-9-7-10-2-4-11(5-3-10)12(14)6-8-13/h2-5H,6-9,13H2,1H3. The van der Waals surface area contributed by atoms with Crippen molar-refractivity contribution >= 4 is 5.78 Å². The monoisotopic (exact) mass is 207 g/mol. The molecule has 0 heterocycles. The number of rotatable bonds is 6. The van der Waals surface area contributed by atoms with Crippen molar-refractivity contribution in [3.8, 4) is 0 Å². The second-order valence-electron chi connectivity index (χ2n) is 3.40. The van der Waals surface area contributed by atoms with Crippen molar-refractivity contribution in [1.82, 2.24) is 0 Å². The molecule has 1 aromatic carbocycles. The SMILES string of the molecule is COCCc1ccc(C(=O)CCN)cc1. The summed E-state index contributed by atoms with van der Waals surface area (Å²) in [5.41, 5.74) is 7.24. The normalized spacial score (nSPS) is 10.3. The van der Waals surface area contributed by atoms with Crippen molar-refractivity contribution in [3.63, 3.8) is 0 Å². The van der Waals surface area contributed by atoms with Crippen molar-refractivity contribution in [2.45, 2.75) is 12.8 Å². The summed E-state index contributed by atoms with van der Waals surface area (Å²) >= 11 is 0. The van der Waals surface area contributed by atoms with Crippen LogP contribution in [-0.4, -0.2) is 26.0 Å². The van der Waals surface area contributed by atoms with Gasteiger partial charge < -0.3 is 10.5 Å². The fourth-order valence-electron chi connectivity index (χ4n) is 1.35. The van der Waals surface area contributed by atoms with Crippen molar-refractivity contribution in [2.24, 2.45) is 5.73 Å². The number of hydrogen-bond donors (Lipinski definition) is 1. The summed E-state index contributed by atoms with van der Waals surface area (Å²) in [6.07, 6.45) is 1.29. The molecule has 2 N–H and O–H groups in total. The molecule has 1 aromatic rings. The highest BCUT2D eigenvalue weighted by Crippen LogP contribution is 2.07. The predicted octanol–water partition coefficient (Wildman–Crippen LogP) is 1.41. The Morgan fingerprint density at radius 2 is 2.00 bits per heavy atom. The van der Waals surface area contributed by atoms with Gasteiger partial charge in [0.1, 0.15) is 0 Å². The van der Waals surface area contributed by atoms with Gasteiger partial charge in [0.2, 0.25) is 0 Å². The molecule has 0 aliphatic rings. The van der Waals surface area contributed by atoms with Crippen LogP contribution in [0.1, 0.15) is 22.3 Å². The van der Waals surface area contributed by atoms with E-state index in [0.717, 1.165) is 12.0 Å². The zero-order valence-corrected chi connectivity index (χ0v) is 9.03. The van der Waals surface area contributed by atoms with Gasteiger partial charge >= 0.3 is 0 Å². The number of carbonyl (C=O) groups is 1. The Balaban J connectivity index is 2.59. The summed E-state index contributed by atoms with van der Waals surface area (Å²) < 4.78 is 4.98. The highest BCUT2D eigenvalue weighted by Gasteiger charge is 2.03. The number of carbonyl (C=O) groups excluding carboxylic acids is 1. The molecular formula is C12H17NO2. The van der Waals surface area contributed by atoms with Crippen LogP contribution in [0.25, 0.3) is 0 Å². The van der Waals surface area contributed by atoms with Gasteiger partial charge in [-0.15, -0.1) is 0 Å². The summed E-state index contributed by atoms with van der Waals surface area (Å²) in [6, 6.07) is 7.62. The number of benzene rings is 1. The molecule has 0 spiro atoms. The Morgan fingerprint density at radius 3 is 2.53 bits per heavy atom. The topological polar surface area (TPSA) is 52.3 Å². The van der Waals surface area contributed by atoms with Crippen LogP contribution in [0.2, 0.25) is 0 Å². The summed E-state index contributed by atoms with van der Waals surface area (Å²) in [6.45, 7) is 1.11. The molecule has 0 atom stereocenters. The Labute approximate surface area is 90.2 Å². The van der Waals surface area contributed by atoms with E-state index in [1.54, 1.807) is 7.11 Å². The molecule has 15 heavy (non-hydrogen) atoms. The van der Waals surface area contributed by atoms with E-state index in [9.17, 15) is 4.79 Å². The lowest BCUT2D eigenvalue weighted by molar-refractivity contribution is 0.0985. The van der Waals surface area contributed by atoms with Gasteiger partial charge in [-0.25, -0.2) is 0 Å². The third-order valence-corrected chi connectivity index (χ3v) is 2.24.